The molecule has 1 aromatic heterocycles. The van der Waals surface area contributed by atoms with Gasteiger partial charge in [-0.3, -0.25) is 10.1 Å². The van der Waals surface area contributed by atoms with Gasteiger partial charge in [0.15, 0.2) is 0 Å². The molecule has 8 heteroatoms. The maximum atomic E-state index is 11.0. The number of hydrogen-bond donors (Lipinski definition) is 2. The molecule has 1 aromatic rings. The number of hydrogen-bond acceptors (Lipinski definition) is 7. The van der Waals surface area contributed by atoms with E-state index in [1.165, 1.54) is 6.20 Å². The Hall–Kier alpha value is -1.96. The van der Waals surface area contributed by atoms with Crippen molar-refractivity contribution >= 4 is 17.5 Å². The fraction of sp³-hybridized carbons (Fsp3) is 0.667. The number of nitrogens with zero attached hydrogens (tertiary/aromatic N) is 4. The maximum Gasteiger partial charge on any atom is 0.329 e. The van der Waals surface area contributed by atoms with Gasteiger partial charge in [0.25, 0.3) is 0 Å². The molecule has 0 bridgehead atoms. The summed E-state index contributed by atoms with van der Waals surface area (Å²) in [4.78, 5) is 20.9. The first-order valence-electron chi connectivity index (χ1n) is 6.67. The molecule has 0 radical (unpaired) electrons. The topological polar surface area (TPSA) is 96.2 Å². The highest BCUT2D eigenvalue weighted by molar-refractivity contribution is 5.57. The van der Waals surface area contributed by atoms with Gasteiger partial charge in [0, 0.05) is 25.7 Å². The van der Waals surface area contributed by atoms with E-state index in [9.17, 15) is 10.1 Å². The lowest BCUT2D eigenvalue weighted by Crippen LogP contribution is -2.42. The second-order valence-corrected chi connectivity index (χ2v) is 5.13. The van der Waals surface area contributed by atoms with Crippen molar-refractivity contribution < 1.29 is 4.92 Å². The summed E-state index contributed by atoms with van der Waals surface area (Å²) in [7, 11) is 3.77. The van der Waals surface area contributed by atoms with E-state index in [4.69, 9.17) is 0 Å². The van der Waals surface area contributed by atoms with E-state index in [1.54, 1.807) is 7.05 Å². The first-order chi connectivity index (χ1) is 9.51. The lowest BCUT2D eigenvalue weighted by molar-refractivity contribution is -0.384. The largest absolute Gasteiger partial charge is 0.361 e. The predicted molar refractivity (Wildman–Crippen MR) is 77.0 cm³/mol. The standard InChI is InChI=1S/C12H20N6O2/c1-8-6-9(4-5-17(8)3)15-11-10(18(19)20)7-14-12(13-2)16-11/h7-9H,4-6H2,1-3H3,(H2,13,14,15,16). The molecule has 0 aromatic carbocycles. The van der Waals surface area contributed by atoms with Gasteiger partial charge < -0.3 is 15.5 Å². The van der Waals surface area contributed by atoms with Crippen molar-refractivity contribution in [2.45, 2.75) is 31.8 Å². The molecule has 2 N–H and O–H groups in total. The minimum atomic E-state index is -0.458. The van der Waals surface area contributed by atoms with E-state index in [0.717, 1.165) is 19.4 Å². The number of piperidine rings is 1. The van der Waals surface area contributed by atoms with Crippen molar-refractivity contribution in [3.63, 3.8) is 0 Å². The van der Waals surface area contributed by atoms with Gasteiger partial charge in [0.2, 0.25) is 11.8 Å². The van der Waals surface area contributed by atoms with Crippen LogP contribution in [0.25, 0.3) is 0 Å². The third kappa shape index (κ3) is 3.13. The molecule has 1 fully saturated rings. The molecule has 1 aliphatic rings. The molecule has 2 rings (SSSR count). The van der Waals surface area contributed by atoms with Crippen LogP contribution in [-0.2, 0) is 0 Å². The molecular formula is C12H20N6O2. The van der Waals surface area contributed by atoms with Gasteiger partial charge in [-0.25, -0.2) is 4.98 Å². The van der Waals surface area contributed by atoms with Gasteiger partial charge in [0.05, 0.1) is 4.92 Å². The Kier molecular flexibility index (Phi) is 4.33. The first-order valence-corrected chi connectivity index (χ1v) is 6.67. The van der Waals surface area contributed by atoms with E-state index >= 15 is 0 Å². The normalized spacial score (nSPS) is 23.4. The van der Waals surface area contributed by atoms with Crippen LogP contribution in [0.4, 0.5) is 17.5 Å². The summed E-state index contributed by atoms with van der Waals surface area (Å²) in [6.07, 6.45) is 3.11. The summed E-state index contributed by atoms with van der Waals surface area (Å²) in [6.45, 7) is 3.12. The minimum absolute atomic E-state index is 0.0874. The Bertz CT molecular complexity index is 495. The molecule has 2 heterocycles. The van der Waals surface area contributed by atoms with E-state index in [2.05, 4.69) is 39.5 Å². The van der Waals surface area contributed by atoms with Crippen LogP contribution in [0.2, 0.25) is 0 Å². The minimum Gasteiger partial charge on any atom is -0.361 e. The Morgan fingerprint density at radius 1 is 1.55 bits per heavy atom. The van der Waals surface area contributed by atoms with Gasteiger partial charge in [-0.05, 0) is 26.8 Å². The number of aromatic nitrogens is 2. The highest BCUT2D eigenvalue weighted by Gasteiger charge is 2.26. The van der Waals surface area contributed by atoms with Crippen LogP contribution in [0.1, 0.15) is 19.8 Å². The monoisotopic (exact) mass is 280 g/mol. The molecule has 1 saturated heterocycles. The third-order valence-electron chi connectivity index (χ3n) is 3.74. The Morgan fingerprint density at radius 3 is 2.90 bits per heavy atom. The zero-order valence-electron chi connectivity index (χ0n) is 12.0. The molecular weight excluding hydrogens is 260 g/mol. The lowest BCUT2D eigenvalue weighted by atomic mass is 9.99. The quantitative estimate of drug-likeness (QED) is 0.634. The fourth-order valence-corrected chi connectivity index (χ4v) is 2.35. The van der Waals surface area contributed by atoms with Crippen molar-refractivity contribution in [2.24, 2.45) is 0 Å². The molecule has 2 atom stereocenters. The molecule has 110 valence electrons. The second-order valence-electron chi connectivity index (χ2n) is 5.13. The highest BCUT2D eigenvalue weighted by Crippen LogP contribution is 2.26. The van der Waals surface area contributed by atoms with Gasteiger partial charge in [-0.1, -0.05) is 0 Å². The SMILES string of the molecule is CNc1ncc([N+](=O)[O-])c(NC2CCN(C)C(C)C2)n1. The third-order valence-corrected chi connectivity index (χ3v) is 3.74. The molecule has 0 amide bonds. The van der Waals surface area contributed by atoms with Crippen molar-refractivity contribution in [2.75, 3.05) is 31.3 Å². The molecule has 2 unspecified atom stereocenters. The summed E-state index contributed by atoms with van der Waals surface area (Å²) in [6, 6.07) is 0.644. The van der Waals surface area contributed by atoms with E-state index in [0.29, 0.717) is 12.0 Å². The van der Waals surface area contributed by atoms with Crippen LogP contribution in [0, 0.1) is 10.1 Å². The first kappa shape index (κ1) is 14.4. The van der Waals surface area contributed by atoms with Gasteiger partial charge in [-0.2, -0.15) is 4.98 Å². The van der Waals surface area contributed by atoms with Crippen LogP contribution in [0.3, 0.4) is 0 Å². The maximum absolute atomic E-state index is 11.0. The predicted octanol–water partition coefficient (Wildman–Crippen LogP) is 1.32. The summed E-state index contributed by atoms with van der Waals surface area (Å²) < 4.78 is 0. The fourth-order valence-electron chi connectivity index (χ4n) is 2.35. The number of nitro groups is 1. The smallest absolute Gasteiger partial charge is 0.329 e. The van der Waals surface area contributed by atoms with Crippen molar-refractivity contribution in [3.8, 4) is 0 Å². The Morgan fingerprint density at radius 2 is 2.30 bits per heavy atom. The molecule has 0 saturated carbocycles. The van der Waals surface area contributed by atoms with E-state index < -0.39 is 4.92 Å². The number of rotatable bonds is 4. The van der Waals surface area contributed by atoms with Crippen molar-refractivity contribution in [1.82, 2.24) is 14.9 Å². The summed E-state index contributed by atoms with van der Waals surface area (Å²) in [5.74, 6) is 0.662. The van der Waals surface area contributed by atoms with E-state index in [1.807, 2.05) is 0 Å². The number of nitrogens with one attached hydrogen (secondary N) is 2. The van der Waals surface area contributed by atoms with Gasteiger partial charge in [0.1, 0.15) is 6.20 Å². The van der Waals surface area contributed by atoms with Crippen LogP contribution in [-0.4, -0.2) is 52.5 Å². The van der Waals surface area contributed by atoms with Gasteiger partial charge in [-0.15, -0.1) is 0 Å². The van der Waals surface area contributed by atoms with Crippen molar-refractivity contribution in [1.29, 1.82) is 0 Å². The Labute approximate surface area is 117 Å². The molecule has 1 aliphatic heterocycles. The lowest BCUT2D eigenvalue weighted by Gasteiger charge is -2.35. The molecule has 0 spiro atoms. The molecule has 0 aliphatic carbocycles. The van der Waals surface area contributed by atoms with Crippen LogP contribution < -0.4 is 10.6 Å². The molecule has 8 nitrogen and oxygen atoms in total. The van der Waals surface area contributed by atoms with Gasteiger partial charge >= 0.3 is 5.69 Å². The van der Waals surface area contributed by atoms with Crippen LogP contribution in [0.15, 0.2) is 6.20 Å². The number of anilines is 2. The highest BCUT2D eigenvalue weighted by atomic mass is 16.6. The second kappa shape index (κ2) is 6.00. The number of likely N-dealkylation sites (tertiary alicyclic amines) is 1. The summed E-state index contributed by atoms with van der Waals surface area (Å²) in [5, 5.41) is 17.0. The average Bonchev–Trinajstić information content (AvgIpc) is 2.42. The zero-order valence-corrected chi connectivity index (χ0v) is 12.0. The Balaban J connectivity index is 2.17. The summed E-state index contributed by atoms with van der Waals surface area (Å²) in [5.41, 5.74) is -0.0874. The average molecular weight is 280 g/mol. The zero-order chi connectivity index (χ0) is 14.7. The van der Waals surface area contributed by atoms with Crippen LogP contribution in [0.5, 0.6) is 0 Å². The van der Waals surface area contributed by atoms with Crippen molar-refractivity contribution in [3.05, 3.63) is 16.3 Å². The van der Waals surface area contributed by atoms with Crippen LogP contribution >= 0.6 is 0 Å². The summed E-state index contributed by atoms with van der Waals surface area (Å²) >= 11 is 0. The van der Waals surface area contributed by atoms with E-state index in [-0.39, 0.29) is 17.5 Å². The molecule has 20 heavy (non-hydrogen) atoms.